The lowest BCUT2D eigenvalue weighted by molar-refractivity contribution is -0.133. The molecule has 5 rings (SSSR count). The summed E-state index contributed by atoms with van der Waals surface area (Å²) >= 11 is 0. The van der Waals surface area contributed by atoms with Gasteiger partial charge in [0.1, 0.15) is 19.0 Å². The molecule has 0 saturated heterocycles. The Balaban J connectivity index is 1.44. The molecule has 27 heavy (non-hydrogen) atoms. The van der Waals surface area contributed by atoms with E-state index in [4.69, 9.17) is 18.9 Å². The van der Waals surface area contributed by atoms with Gasteiger partial charge in [-0.05, 0) is 25.1 Å². The second-order valence-electron chi connectivity index (χ2n) is 6.66. The summed E-state index contributed by atoms with van der Waals surface area (Å²) < 4.78 is 21.9. The largest absolute Gasteiger partial charge is 0.491 e. The Morgan fingerprint density at radius 1 is 1.15 bits per heavy atom. The fraction of sp³-hybridized carbons (Fsp3) is 0.368. The maximum absolute atomic E-state index is 12.9. The van der Waals surface area contributed by atoms with Crippen molar-refractivity contribution in [2.45, 2.75) is 19.9 Å². The molecule has 0 saturated carbocycles. The van der Waals surface area contributed by atoms with E-state index in [2.05, 4.69) is 10.2 Å². The van der Waals surface area contributed by atoms with Crippen molar-refractivity contribution in [2.24, 2.45) is 0 Å². The standard InChI is InChI=1S/C19H19N3O5/c1-11-18(25-7-6-24-11)19(23)22-5-4-14-13(9-22)17(21-20-14)12-2-3-15-16(8-12)27-10-26-15/h2-3,8H,4-7,9-10H2,1H3,(H,20,21). The topological polar surface area (TPSA) is 85.9 Å². The van der Waals surface area contributed by atoms with Crippen molar-refractivity contribution in [1.29, 1.82) is 0 Å². The number of allylic oxidation sites excluding steroid dienone is 1. The quantitative estimate of drug-likeness (QED) is 0.871. The Hall–Kier alpha value is -3.16. The molecule has 1 aromatic carbocycles. The number of aromatic nitrogens is 2. The van der Waals surface area contributed by atoms with Gasteiger partial charge < -0.3 is 23.8 Å². The Morgan fingerprint density at radius 2 is 2.00 bits per heavy atom. The molecule has 0 bridgehead atoms. The molecular weight excluding hydrogens is 350 g/mol. The van der Waals surface area contributed by atoms with Crippen LogP contribution in [0, 0.1) is 0 Å². The highest BCUT2D eigenvalue weighted by Gasteiger charge is 2.31. The molecule has 1 amide bonds. The second kappa shape index (κ2) is 6.22. The maximum atomic E-state index is 12.9. The molecule has 3 aliphatic rings. The number of benzene rings is 1. The first-order valence-electron chi connectivity index (χ1n) is 8.92. The number of carbonyl (C=O) groups excluding carboxylic acids is 1. The van der Waals surface area contributed by atoms with Gasteiger partial charge in [0.25, 0.3) is 5.91 Å². The minimum absolute atomic E-state index is 0.143. The Labute approximate surface area is 155 Å². The summed E-state index contributed by atoms with van der Waals surface area (Å²) in [6.45, 7) is 3.94. The van der Waals surface area contributed by atoms with Crippen LogP contribution in [0.2, 0.25) is 0 Å². The molecule has 1 aromatic heterocycles. The van der Waals surface area contributed by atoms with Crippen LogP contribution in [0.25, 0.3) is 11.3 Å². The van der Waals surface area contributed by atoms with Gasteiger partial charge in [0.15, 0.2) is 11.5 Å². The normalized spacial score (nSPS) is 18.0. The van der Waals surface area contributed by atoms with E-state index >= 15 is 0 Å². The molecule has 0 atom stereocenters. The van der Waals surface area contributed by atoms with Gasteiger partial charge in [0, 0.05) is 29.8 Å². The lowest BCUT2D eigenvalue weighted by Gasteiger charge is -2.29. The summed E-state index contributed by atoms with van der Waals surface area (Å²) in [5.74, 6) is 2.15. The van der Waals surface area contributed by atoms with E-state index in [-0.39, 0.29) is 12.7 Å². The lowest BCUT2D eigenvalue weighted by atomic mass is 10.0. The molecule has 0 spiro atoms. The zero-order chi connectivity index (χ0) is 18.4. The van der Waals surface area contributed by atoms with Gasteiger partial charge in [0.2, 0.25) is 12.6 Å². The highest BCUT2D eigenvalue weighted by Crippen LogP contribution is 2.37. The highest BCUT2D eigenvalue weighted by atomic mass is 16.7. The number of nitrogens with zero attached hydrogens (tertiary/aromatic N) is 2. The van der Waals surface area contributed by atoms with E-state index in [0.717, 1.165) is 28.3 Å². The first kappa shape index (κ1) is 16.0. The number of carbonyl (C=O) groups is 1. The zero-order valence-electron chi connectivity index (χ0n) is 14.9. The van der Waals surface area contributed by atoms with E-state index in [9.17, 15) is 4.79 Å². The predicted octanol–water partition coefficient (Wildman–Crippen LogP) is 1.97. The molecule has 8 heteroatoms. The first-order chi connectivity index (χ1) is 13.2. The van der Waals surface area contributed by atoms with E-state index in [1.54, 1.807) is 11.8 Å². The van der Waals surface area contributed by atoms with E-state index < -0.39 is 0 Å². The average Bonchev–Trinajstić information content (AvgIpc) is 3.33. The van der Waals surface area contributed by atoms with E-state index in [1.807, 2.05) is 18.2 Å². The molecule has 0 unspecified atom stereocenters. The fourth-order valence-electron chi connectivity index (χ4n) is 3.61. The number of rotatable bonds is 2. The number of fused-ring (bicyclic) bond motifs is 2. The molecule has 8 nitrogen and oxygen atoms in total. The Morgan fingerprint density at radius 3 is 2.89 bits per heavy atom. The van der Waals surface area contributed by atoms with Crippen molar-refractivity contribution in [2.75, 3.05) is 26.6 Å². The van der Waals surface area contributed by atoms with Crippen molar-refractivity contribution in [3.63, 3.8) is 0 Å². The summed E-state index contributed by atoms with van der Waals surface area (Å²) in [6.07, 6.45) is 0.714. The minimum Gasteiger partial charge on any atom is -0.491 e. The van der Waals surface area contributed by atoms with Crippen LogP contribution in [0.15, 0.2) is 29.7 Å². The molecule has 2 aromatic rings. The lowest BCUT2D eigenvalue weighted by Crippen LogP contribution is -2.38. The number of H-pyrrole nitrogens is 1. The number of amides is 1. The van der Waals surface area contributed by atoms with Crippen LogP contribution < -0.4 is 9.47 Å². The number of hydrogen-bond donors (Lipinski definition) is 1. The van der Waals surface area contributed by atoms with Crippen molar-refractivity contribution >= 4 is 5.91 Å². The van der Waals surface area contributed by atoms with E-state index in [1.165, 1.54) is 0 Å². The average molecular weight is 369 g/mol. The predicted molar refractivity (Wildman–Crippen MR) is 93.9 cm³/mol. The van der Waals surface area contributed by atoms with Crippen molar-refractivity contribution in [3.05, 3.63) is 41.0 Å². The number of ether oxygens (including phenoxy) is 4. The molecule has 4 heterocycles. The summed E-state index contributed by atoms with van der Waals surface area (Å²) in [5, 5.41) is 7.60. The monoisotopic (exact) mass is 369 g/mol. The van der Waals surface area contributed by atoms with Crippen LogP contribution in [0.5, 0.6) is 11.5 Å². The van der Waals surface area contributed by atoms with Gasteiger partial charge >= 0.3 is 0 Å². The van der Waals surface area contributed by atoms with Crippen LogP contribution >= 0.6 is 0 Å². The van der Waals surface area contributed by atoms with Gasteiger partial charge in [-0.25, -0.2) is 0 Å². The van der Waals surface area contributed by atoms with Crippen LogP contribution in [0.4, 0.5) is 0 Å². The zero-order valence-corrected chi connectivity index (χ0v) is 14.9. The molecule has 0 aliphatic carbocycles. The van der Waals surface area contributed by atoms with Crippen LogP contribution in [0.1, 0.15) is 18.2 Å². The van der Waals surface area contributed by atoms with Gasteiger partial charge in [-0.15, -0.1) is 0 Å². The van der Waals surface area contributed by atoms with Crippen LogP contribution in [-0.4, -0.2) is 47.6 Å². The molecule has 3 aliphatic heterocycles. The third kappa shape index (κ3) is 2.68. The number of nitrogens with one attached hydrogen (secondary N) is 1. The molecular formula is C19H19N3O5. The van der Waals surface area contributed by atoms with Crippen LogP contribution in [-0.2, 0) is 27.2 Å². The fourth-order valence-corrected chi connectivity index (χ4v) is 3.61. The minimum atomic E-state index is -0.143. The maximum Gasteiger partial charge on any atom is 0.292 e. The van der Waals surface area contributed by atoms with Crippen LogP contribution in [0.3, 0.4) is 0 Å². The summed E-state index contributed by atoms with van der Waals surface area (Å²) in [7, 11) is 0. The van der Waals surface area contributed by atoms with E-state index in [0.29, 0.717) is 50.0 Å². The summed E-state index contributed by atoms with van der Waals surface area (Å²) in [4.78, 5) is 14.7. The number of aromatic amines is 1. The smallest absolute Gasteiger partial charge is 0.292 e. The third-order valence-corrected chi connectivity index (χ3v) is 5.03. The Bertz CT molecular complexity index is 949. The molecule has 140 valence electrons. The van der Waals surface area contributed by atoms with Crippen molar-refractivity contribution in [1.82, 2.24) is 15.1 Å². The summed E-state index contributed by atoms with van der Waals surface area (Å²) in [6, 6.07) is 5.76. The van der Waals surface area contributed by atoms with Crippen molar-refractivity contribution < 1.29 is 23.7 Å². The Kier molecular flexibility index (Phi) is 3.70. The highest BCUT2D eigenvalue weighted by molar-refractivity contribution is 5.92. The third-order valence-electron chi connectivity index (χ3n) is 5.03. The van der Waals surface area contributed by atoms with Crippen molar-refractivity contribution in [3.8, 4) is 22.8 Å². The first-order valence-corrected chi connectivity index (χ1v) is 8.92. The SMILES string of the molecule is CC1=C(C(=O)N2CCc3[nH]nc(-c4ccc5c(c4)OCO5)c3C2)OCCO1. The number of hydrogen-bond acceptors (Lipinski definition) is 6. The second-order valence-corrected chi connectivity index (χ2v) is 6.66. The van der Waals surface area contributed by atoms with Gasteiger partial charge in [0.05, 0.1) is 12.2 Å². The molecule has 1 N–H and O–H groups in total. The van der Waals surface area contributed by atoms with Gasteiger partial charge in [-0.1, -0.05) is 0 Å². The summed E-state index contributed by atoms with van der Waals surface area (Å²) in [5.41, 5.74) is 3.83. The van der Waals surface area contributed by atoms with Gasteiger partial charge in [-0.3, -0.25) is 9.89 Å². The van der Waals surface area contributed by atoms with Gasteiger partial charge in [-0.2, -0.15) is 5.10 Å². The molecule has 0 radical (unpaired) electrons. The molecule has 0 fully saturated rings.